The summed E-state index contributed by atoms with van der Waals surface area (Å²) in [6.07, 6.45) is 8.03. The summed E-state index contributed by atoms with van der Waals surface area (Å²) in [5.74, 6) is -1.21. The number of benzene rings is 1. The summed E-state index contributed by atoms with van der Waals surface area (Å²) in [4.78, 5) is 30.4. The standard InChI is InChI=1S/C10H17N.C6H3N3O7/c1-9-5-7-11-6-3-2-4-10(11)8-9;10-6-4(8(13)14)1-3(7(11)12)2-5(6)9(15)16/h5,10H,2-4,6-8H2,1H3;1-2,10H. The van der Waals surface area contributed by atoms with Gasteiger partial charge in [0.15, 0.2) is 0 Å². The SMILES string of the molecule is CC1=CCN2CCCCC2C1.O=[N+]([O-])c1cc([N+](=O)[O-])c(O)c([N+](=O)[O-])c1. The van der Waals surface area contributed by atoms with Crippen LogP contribution in [-0.4, -0.2) is 43.9 Å². The van der Waals surface area contributed by atoms with Crippen LogP contribution in [0.3, 0.4) is 0 Å². The smallest absolute Gasteiger partial charge is 0.324 e. The molecule has 0 radical (unpaired) electrons. The second kappa shape index (κ2) is 8.54. The van der Waals surface area contributed by atoms with Crippen molar-refractivity contribution in [3.63, 3.8) is 0 Å². The van der Waals surface area contributed by atoms with Gasteiger partial charge in [0.05, 0.1) is 26.9 Å². The minimum atomic E-state index is -1.21. The number of fused-ring (bicyclic) bond motifs is 1. The first-order valence-electron chi connectivity index (χ1n) is 8.40. The van der Waals surface area contributed by atoms with Crippen molar-refractivity contribution in [1.29, 1.82) is 0 Å². The van der Waals surface area contributed by atoms with Gasteiger partial charge in [0.25, 0.3) is 11.4 Å². The lowest BCUT2D eigenvalue weighted by molar-refractivity contribution is -0.404. The maximum Gasteiger partial charge on any atom is 0.324 e. The zero-order chi connectivity index (χ0) is 20.1. The molecule has 1 saturated heterocycles. The van der Waals surface area contributed by atoms with Crippen LogP contribution in [0.4, 0.5) is 17.1 Å². The highest BCUT2D eigenvalue weighted by Crippen LogP contribution is 2.38. The Morgan fingerprint density at radius 2 is 1.63 bits per heavy atom. The van der Waals surface area contributed by atoms with Crippen molar-refractivity contribution in [2.24, 2.45) is 0 Å². The van der Waals surface area contributed by atoms with E-state index in [1.165, 1.54) is 38.8 Å². The Morgan fingerprint density at radius 3 is 2.15 bits per heavy atom. The Balaban J connectivity index is 0.000000206. The molecule has 1 aromatic rings. The molecule has 2 aliphatic heterocycles. The van der Waals surface area contributed by atoms with E-state index in [0.29, 0.717) is 12.1 Å². The molecule has 146 valence electrons. The molecule has 1 unspecified atom stereocenters. The van der Waals surface area contributed by atoms with E-state index in [4.69, 9.17) is 5.11 Å². The molecule has 1 atom stereocenters. The molecule has 0 aromatic heterocycles. The number of phenolic OH excluding ortho intramolecular Hbond substituents is 1. The quantitative estimate of drug-likeness (QED) is 0.476. The van der Waals surface area contributed by atoms with E-state index in [1.54, 1.807) is 5.57 Å². The molecule has 2 heterocycles. The number of hydrogen-bond donors (Lipinski definition) is 1. The average molecular weight is 380 g/mol. The third kappa shape index (κ3) is 4.97. The molecule has 1 aromatic carbocycles. The molecule has 3 rings (SSSR count). The zero-order valence-corrected chi connectivity index (χ0v) is 14.7. The monoisotopic (exact) mass is 380 g/mol. The highest BCUT2D eigenvalue weighted by atomic mass is 16.6. The van der Waals surface area contributed by atoms with Crippen LogP contribution in [0, 0.1) is 30.3 Å². The van der Waals surface area contributed by atoms with Crippen molar-refractivity contribution >= 4 is 17.1 Å². The molecule has 0 saturated carbocycles. The number of aromatic hydroxyl groups is 1. The lowest BCUT2D eigenvalue weighted by Gasteiger charge is -2.38. The van der Waals surface area contributed by atoms with Gasteiger partial charge < -0.3 is 5.11 Å². The molecular weight excluding hydrogens is 360 g/mol. The summed E-state index contributed by atoms with van der Waals surface area (Å²) < 4.78 is 0. The van der Waals surface area contributed by atoms with Crippen molar-refractivity contribution in [1.82, 2.24) is 4.90 Å². The summed E-state index contributed by atoms with van der Waals surface area (Å²) in [6, 6.07) is 1.79. The predicted octanol–water partition coefficient (Wildman–Crippen LogP) is 3.31. The van der Waals surface area contributed by atoms with E-state index >= 15 is 0 Å². The molecule has 0 spiro atoms. The number of hydrogen-bond acceptors (Lipinski definition) is 8. The Kier molecular flexibility index (Phi) is 6.40. The van der Waals surface area contributed by atoms with Crippen molar-refractivity contribution in [2.45, 2.75) is 38.6 Å². The Hall–Kier alpha value is -3.08. The summed E-state index contributed by atoms with van der Waals surface area (Å²) >= 11 is 0. The zero-order valence-electron chi connectivity index (χ0n) is 14.7. The van der Waals surface area contributed by atoms with Crippen molar-refractivity contribution < 1.29 is 19.9 Å². The number of nitro benzene ring substituents is 3. The summed E-state index contributed by atoms with van der Waals surface area (Å²) in [7, 11) is 0. The van der Waals surface area contributed by atoms with Gasteiger partial charge in [-0.25, -0.2) is 0 Å². The fraction of sp³-hybridized carbons (Fsp3) is 0.500. The van der Waals surface area contributed by atoms with Gasteiger partial charge in [-0.15, -0.1) is 0 Å². The van der Waals surface area contributed by atoms with Crippen LogP contribution in [0.5, 0.6) is 5.75 Å². The maximum absolute atomic E-state index is 10.4. The number of phenols is 1. The highest BCUT2D eigenvalue weighted by molar-refractivity contribution is 5.64. The van der Waals surface area contributed by atoms with E-state index in [1.807, 2.05) is 0 Å². The second-order valence-electron chi connectivity index (χ2n) is 6.50. The summed E-state index contributed by atoms with van der Waals surface area (Å²) in [5, 5.41) is 40.2. The van der Waals surface area contributed by atoms with Crippen LogP contribution in [0.15, 0.2) is 23.8 Å². The van der Waals surface area contributed by atoms with Crippen LogP contribution in [0.25, 0.3) is 0 Å². The van der Waals surface area contributed by atoms with Gasteiger partial charge in [-0.2, -0.15) is 0 Å². The number of piperidine rings is 1. The van der Waals surface area contributed by atoms with Gasteiger partial charge in [0.2, 0.25) is 0 Å². The van der Waals surface area contributed by atoms with E-state index in [2.05, 4.69) is 17.9 Å². The van der Waals surface area contributed by atoms with Crippen LogP contribution < -0.4 is 0 Å². The third-order valence-corrected chi connectivity index (χ3v) is 4.64. The minimum absolute atomic E-state index is 0.447. The third-order valence-electron chi connectivity index (χ3n) is 4.64. The Morgan fingerprint density at radius 1 is 1.04 bits per heavy atom. The summed E-state index contributed by atoms with van der Waals surface area (Å²) in [5.41, 5.74) is -1.40. The van der Waals surface area contributed by atoms with E-state index < -0.39 is 37.6 Å². The topological polar surface area (TPSA) is 153 Å². The molecule has 0 aliphatic carbocycles. The fourth-order valence-corrected chi connectivity index (χ4v) is 3.23. The number of rotatable bonds is 3. The first kappa shape index (κ1) is 20.2. The number of non-ortho nitro benzene ring substituents is 1. The lowest BCUT2D eigenvalue weighted by atomic mass is 9.93. The molecule has 11 heteroatoms. The highest BCUT2D eigenvalue weighted by Gasteiger charge is 2.30. The average Bonchev–Trinajstić information content (AvgIpc) is 2.61. The fourth-order valence-electron chi connectivity index (χ4n) is 3.23. The Bertz CT molecular complexity index is 758. The van der Waals surface area contributed by atoms with Crippen LogP contribution in [-0.2, 0) is 0 Å². The number of nitrogens with zero attached hydrogens (tertiary/aromatic N) is 4. The second-order valence-corrected chi connectivity index (χ2v) is 6.50. The first-order valence-corrected chi connectivity index (χ1v) is 8.40. The maximum atomic E-state index is 10.4. The summed E-state index contributed by atoms with van der Waals surface area (Å²) in [6.45, 7) is 4.83. The molecule has 1 N–H and O–H groups in total. The van der Waals surface area contributed by atoms with Gasteiger partial charge in [0, 0.05) is 12.6 Å². The molecule has 1 fully saturated rings. The molecule has 11 nitrogen and oxygen atoms in total. The van der Waals surface area contributed by atoms with Crippen molar-refractivity contribution in [3.8, 4) is 5.75 Å². The van der Waals surface area contributed by atoms with E-state index in [9.17, 15) is 30.3 Å². The van der Waals surface area contributed by atoms with Crippen LogP contribution in [0.2, 0.25) is 0 Å². The molecule has 2 aliphatic rings. The lowest BCUT2D eigenvalue weighted by Crippen LogP contribution is -2.41. The van der Waals surface area contributed by atoms with Gasteiger partial charge in [-0.1, -0.05) is 18.1 Å². The van der Waals surface area contributed by atoms with Crippen molar-refractivity contribution in [3.05, 3.63) is 54.1 Å². The van der Waals surface area contributed by atoms with Crippen LogP contribution in [0.1, 0.15) is 32.6 Å². The van der Waals surface area contributed by atoms with E-state index in [-0.39, 0.29) is 0 Å². The van der Waals surface area contributed by atoms with E-state index in [0.717, 1.165) is 6.04 Å². The Labute approximate surface area is 154 Å². The molecule has 0 bridgehead atoms. The van der Waals surface area contributed by atoms with Gasteiger partial charge >= 0.3 is 11.4 Å². The van der Waals surface area contributed by atoms with Gasteiger partial charge in [-0.3, -0.25) is 35.2 Å². The molecular formula is C16H20N4O7. The molecule has 27 heavy (non-hydrogen) atoms. The normalized spacial score (nSPS) is 19.1. The van der Waals surface area contributed by atoms with Crippen LogP contribution >= 0.6 is 0 Å². The predicted molar refractivity (Wildman–Crippen MR) is 95.7 cm³/mol. The van der Waals surface area contributed by atoms with Crippen molar-refractivity contribution in [2.75, 3.05) is 13.1 Å². The molecule has 0 amide bonds. The first-order chi connectivity index (χ1) is 12.7. The largest absolute Gasteiger partial charge is 0.497 e. The minimum Gasteiger partial charge on any atom is -0.497 e. The van der Waals surface area contributed by atoms with Gasteiger partial charge in [-0.05, 0) is 32.7 Å². The van der Waals surface area contributed by atoms with Gasteiger partial charge in [0.1, 0.15) is 0 Å². The number of nitro groups is 3.